The van der Waals surface area contributed by atoms with Crippen LogP contribution in [0.25, 0.3) is 10.9 Å². The highest BCUT2D eigenvalue weighted by Gasteiger charge is 2.34. The maximum absolute atomic E-state index is 13.6. The number of ether oxygens (including phenoxy) is 1. The van der Waals surface area contributed by atoms with Crippen LogP contribution in [0.5, 0.6) is 0 Å². The van der Waals surface area contributed by atoms with Crippen LogP contribution in [0.3, 0.4) is 0 Å². The van der Waals surface area contributed by atoms with Crippen LogP contribution in [-0.2, 0) is 27.6 Å². The van der Waals surface area contributed by atoms with E-state index in [1.54, 1.807) is 15.8 Å². The van der Waals surface area contributed by atoms with Crippen LogP contribution < -0.4 is 11.1 Å². The molecule has 10 nitrogen and oxygen atoms in total. The van der Waals surface area contributed by atoms with E-state index in [1.165, 1.54) is 11.8 Å². The summed E-state index contributed by atoms with van der Waals surface area (Å²) in [6.07, 6.45) is 4.89. The number of rotatable bonds is 9. The number of aromatic nitrogens is 3. The smallest absolute Gasteiger partial charge is 0.314 e. The lowest BCUT2D eigenvalue weighted by atomic mass is 9.89. The van der Waals surface area contributed by atoms with E-state index >= 15 is 0 Å². The third-order valence-electron chi connectivity index (χ3n) is 7.27. The van der Waals surface area contributed by atoms with Gasteiger partial charge < -0.3 is 25.6 Å². The number of benzene rings is 1. The number of hydrogen-bond donors (Lipinski definition) is 2. The number of nitrogens with two attached hydrogens (primary N) is 1. The third kappa shape index (κ3) is 7.26. The van der Waals surface area contributed by atoms with Crippen molar-refractivity contribution in [3.05, 3.63) is 47.8 Å². The summed E-state index contributed by atoms with van der Waals surface area (Å²) in [6.45, 7) is 11.2. The van der Waals surface area contributed by atoms with Crippen molar-refractivity contribution in [2.75, 3.05) is 38.3 Å². The van der Waals surface area contributed by atoms with Gasteiger partial charge in [0.05, 0.1) is 35.0 Å². The fraction of sp³-hybridized carbons (Fsp3) is 0.517. The van der Waals surface area contributed by atoms with Crippen LogP contribution in [0.15, 0.2) is 36.7 Å². The summed E-state index contributed by atoms with van der Waals surface area (Å²) < 4.78 is 7.55. The zero-order valence-corrected chi connectivity index (χ0v) is 25.6. The van der Waals surface area contributed by atoms with E-state index in [9.17, 15) is 9.59 Å². The minimum absolute atomic E-state index is 0.161. The van der Waals surface area contributed by atoms with Crippen molar-refractivity contribution in [2.24, 2.45) is 5.92 Å². The number of fused-ring (bicyclic) bond motifs is 1. The van der Waals surface area contributed by atoms with Gasteiger partial charge in [-0.3, -0.25) is 9.59 Å². The van der Waals surface area contributed by atoms with Crippen LogP contribution in [0.4, 0.5) is 11.5 Å². The summed E-state index contributed by atoms with van der Waals surface area (Å²) in [7, 11) is 2.83. The molecule has 0 aliphatic carbocycles. The number of nitrogen functional groups attached to an aromatic ring is 1. The molecule has 3 N–H and O–H groups in total. The van der Waals surface area contributed by atoms with E-state index in [4.69, 9.17) is 10.5 Å². The number of carbonyl (C=O) groups excluding carboxylic acids is 2. The SMILES string of the molecule is C[C@H]1CC[C@H](c2cccc(CN(C)C)c2)N(C(=O)C(=O)Nc2cnc(N)c3cnn(COCC[Si](C)(C)C)c23)C1. The van der Waals surface area contributed by atoms with Crippen LogP contribution in [0.2, 0.25) is 25.7 Å². The molecular formula is C29H43N7O3Si. The molecule has 1 saturated heterocycles. The topological polar surface area (TPSA) is 119 Å². The summed E-state index contributed by atoms with van der Waals surface area (Å²) in [5.74, 6) is -0.659. The van der Waals surface area contributed by atoms with Gasteiger partial charge in [0, 0.05) is 27.8 Å². The van der Waals surface area contributed by atoms with Crippen LogP contribution in [0.1, 0.15) is 36.9 Å². The van der Waals surface area contributed by atoms with Crippen molar-refractivity contribution in [3.63, 3.8) is 0 Å². The fourth-order valence-electron chi connectivity index (χ4n) is 5.13. The lowest BCUT2D eigenvalue weighted by Gasteiger charge is -2.38. The third-order valence-corrected chi connectivity index (χ3v) is 8.97. The highest BCUT2D eigenvalue weighted by molar-refractivity contribution is 6.76. The summed E-state index contributed by atoms with van der Waals surface area (Å²) in [5, 5.41) is 7.82. The summed E-state index contributed by atoms with van der Waals surface area (Å²) >= 11 is 0. The van der Waals surface area contributed by atoms with Gasteiger partial charge >= 0.3 is 11.8 Å². The number of likely N-dealkylation sites (tertiary alicyclic amines) is 1. The molecular weight excluding hydrogens is 522 g/mol. The molecule has 216 valence electrons. The normalized spacial score (nSPS) is 17.9. The van der Waals surface area contributed by atoms with Gasteiger partial charge in [0.2, 0.25) is 0 Å². The van der Waals surface area contributed by atoms with Gasteiger partial charge in [-0.05, 0) is 50.0 Å². The van der Waals surface area contributed by atoms with Crippen molar-refractivity contribution >= 4 is 42.3 Å². The standard InChI is InChI=1S/C29H43N7O3Si/c1-20-10-11-25(22-9-7-8-21(14-22)18-34(2)3)35(17-20)29(38)28(37)33-24-16-31-27(30)23-15-32-36(26(23)24)19-39-12-13-40(4,5)6/h7-9,14-16,20,25H,10-13,17-19H2,1-6H3,(H2,30,31)(H,33,37)/t20-,25+/m0/s1. The number of carbonyl (C=O) groups is 2. The number of amides is 2. The minimum Gasteiger partial charge on any atom is -0.383 e. The Kier molecular flexibility index (Phi) is 9.27. The van der Waals surface area contributed by atoms with Gasteiger partial charge in [-0.25, -0.2) is 9.67 Å². The van der Waals surface area contributed by atoms with Crippen LogP contribution >= 0.6 is 0 Å². The zero-order chi connectivity index (χ0) is 29.0. The fourth-order valence-corrected chi connectivity index (χ4v) is 5.89. The van der Waals surface area contributed by atoms with E-state index in [0.29, 0.717) is 41.5 Å². The van der Waals surface area contributed by atoms with Gasteiger partial charge in [-0.15, -0.1) is 0 Å². The molecule has 1 aromatic carbocycles. The summed E-state index contributed by atoms with van der Waals surface area (Å²) in [5.41, 5.74) is 9.30. The average molecular weight is 566 g/mol. The molecule has 11 heteroatoms. The lowest BCUT2D eigenvalue weighted by Crippen LogP contribution is -2.46. The predicted octanol–water partition coefficient (Wildman–Crippen LogP) is 4.33. The molecule has 2 aromatic heterocycles. The maximum Gasteiger partial charge on any atom is 0.314 e. The number of nitrogens with zero attached hydrogens (tertiary/aromatic N) is 5. The van der Waals surface area contributed by atoms with Crippen molar-refractivity contribution < 1.29 is 14.3 Å². The first kappa shape index (κ1) is 29.7. The Labute approximate surface area is 237 Å². The molecule has 2 amide bonds. The molecule has 0 bridgehead atoms. The monoisotopic (exact) mass is 565 g/mol. The average Bonchev–Trinajstić information content (AvgIpc) is 3.32. The second-order valence-corrected chi connectivity index (χ2v) is 18.0. The van der Waals surface area contributed by atoms with Crippen molar-refractivity contribution in [1.29, 1.82) is 0 Å². The molecule has 1 fully saturated rings. The Balaban J connectivity index is 1.54. The van der Waals surface area contributed by atoms with Gasteiger partial charge in [-0.2, -0.15) is 5.10 Å². The number of piperidine rings is 1. The molecule has 1 aliphatic heterocycles. The maximum atomic E-state index is 13.6. The molecule has 1 aliphatic rings. The second kappa shape index (κ2) is 12.5. The van der Waals surface area contributed by atoms with E-state index in [0.717, 1.165) is 31.0 Å². The molecule has 0 saturated carbocycles. The van der Waals surface area contributed by atoms with Gasteiger partial charge in [0.25, 0.3) is 0 Å². The van der Waals surface area contributed by atoms with Crippen molar-refractivity contribution in [1.82, 2.24) is 24.6 Å². The van der Waals surface area contributed by atoms with Crippen LogP contribution in [0, 0.1) is 5.92 Å². The molecule has 0 spiro atoms. The molecule has 3 heterocycles. The zero-order valence-electron chi connectivity index (χ0n) is 24.6. The van der Waals surface area contributed by atoms with Crippen LogP contribution in [-0.4, -0.2) is 71.7 Å². The van der Waals surface area contributed by atoms with E-state index in [2.05, 4.69) is 59.0 Å². The lowest BCUT2D eigenvalue weighted by molar-refractivity contribution is -0.146. The van der Waals surface area contributed by atoms with Gasteiger partial charge in [-0.1, -0.05) is 50.8 Å². The van der Waals surface area contributed by atoms with Crippen molar-refractivity contribution in [2.45, 2.75) is 64.8 Å². The first-order valence-corrected chi connectivity index (χ1v) is 17.7. The van der Waals surface area contributed by atoms with Gasteiger partial charge in [0.15, 0.2) is 0 Å². The molecule has 0 unspecified atom stereocenters. The molecule has 3 aromatic rings. The molecule has 4 rings (SSSR count). The number of nitrogens with one attached hydrogen (secondary N) is 1. The Morgan fingerprint density at radius 2 is 1.98 bits per heavy atom. The molecule has 40 heavy (non-hydrogen) atoms. The number of pyridine rings is 1. The van der Waals surface area contributed by atoms with Crippen molar-refractivity contribution in [3.8, 4) is 0 Å². The predicted molar refractivity (Wildman–Crippen MR) is 161 cm³/mol. The second-order valence-electron chi connectivity index (χ2n) is 12.4. The van der Waals surface area contributed by atoms with E-state index in [-0.39, 0.29) is 12.8 Å². The Hall–Kier alpha value is -3.28. The first-order chi connectivity index (χ1) is 18.9. The Morgan fingerprint density at radius 1 is 1.20 bits per heavy atom. The van der Waals surface area contributed by atoms with E-state index in [1.807, 2.05) is 26.2 Å². The van der Waals surface area contributed by atoms with E-state index < -0.39 is 19.9 Å². The molecule has 0 radical (unpaired) electrons. The quantitative estimate of drug-likeness (QED) is 0.225. The minimum atomic E-state index is -1.24. The first-order valence-electron chi connectivity index (χ1n) is 14.0. The summed E-state index contributed by atoms with van der Waals surface area (Å²) in [4.78, 5) is 35.1. The largest absolute Gasteiger partial charge is 0.383 e. The molecule has 2 atom stereocenters. The Bertz CT molecular complexity index is 1350. The van der Waals surface area contributed by atoms with Gasteiger partial charge in [0.1, 0.15) is 12.5 Å². The highest BCUT2D eigenvalue weighted by Crippen LogP contribution is 2.34. The number of hydrogen-bond acceptors (Lipinski definition) is 7. The summed E-state index contributed by atoms with van der Waals surface area (Å²) in [6, 6.07) is 9.18. The number of anilines is 2. The highest BCUT2D eigenvalue weighted by atomic mass is 28.3. The Morgan fingerprint density at radius 3 is 2.70 bits per heavy atom.